The lowest BCUT2D eigenvalue weighted by molar-refractivity contribution is -0.0947. The molecular formula is C19H36N4O. The number of hydrogen-bond donors (Lipinski definition) is 1. The van der Waals surface area contributed by atoms with Gasteiger partial charge in [0.15, 0.2) is 5.96 Å². The first-order valence-electron chi connectivity index (χ1n) is 9.70. The molecule has 2 unspecified atom stereocenters. The first-order chi connectivity index (χ1) is 11.3. The van der Waals surface area contributed by atoms with Crippen molar-refractivity contribution in [2.24, 2.45) is 10.4 Å². The molecule has 1 saturated carbocycles. The third-order valence-corrected chi connectivity index (χ3v) is 6.32. The van der Waals surface area contributed by atoms with Crippen molar-refractivity contribution in [1.29, 1.82) is 0 Å². The van der Waals surface area contributed by atoms with Crippen molar-refractivity contribution in [3.63, 3.8) is 0 Å². The molecule has 2 atom stereocenters. The molecule has 0 aromatic carbocycles. The summed E-state index contributed by atoms with van der Waals surface area (Å²) < 4.78 is 5.89. The molecule has 5 nitrogen and oxygen atoms in total. The molecule has 24 heavy (non-hydrogen) atoms. The average Bonchev–Trinajstić information content (AvgIpc) is 2.92. The molecule has 3 rings (SSSR count). The van der Waals surface area contributed by atoms with E-state index >= 15 is 0 Å². The maximum absolute atomic E-state index is 5.89. The van der Waals surface area contributed by atoms with E-state index in [0.29, 0.717) is 17.6 Å². The van der Waals surface area contributed by atoms with Crippen LogP contribution in [0.15, 0.2) is 4.99 Å². The monoisotopic (exact) mass is 336 g/mol. The third-order valence-electron chi connectivity index (χ3n) is 6.32. The lowest BCUT2D eigenvalue weighted by atomic mass is 9.68. The highest BCUT2D eigenvalue weighted by molar-refractivity contribution is 5.80. The van der Waals surface area contributed by atoms with Crippen molar-refractivity contribution in [2.45, 2.75) is 71.1 Å². The van der Waals surface area contributed by atoms with Crippen LogP contribution in [0.2, 0.25) is 0 Å². The molecule has 2 heterocycles. The number of nitrogens with one attached hydrogen (secondary N) is 1. The Morgan fingerprint density at radius 2 is 1.88 bits per heavy atom. The zero-order chi connectivity index (χ0) is 17.4. The quantitative estimate of drug-likeness (QED) is 0.634. The van der Waals surface area contributed by atoms with Crippen LogP contribution < -0.4 is 5.32 Å². The minimum Gasteiger partial charge on any atom is -0.373 e. The highest BCUT2D eigenvalue weighted by atomic mass is 16.5. The smallest absolute Gasteiger partial charge is 0.193 e. The molecule has 138 valence electrons. The van der Waals surface area contributed by atoms with E-state index in [1.54, 1.807) is 0 Å². The second-order valence-corrected chi connectivity index (χ2v) is 8.90. The molecule has 0 amide bonds. The van der Waals surface area contributed by atoms with Gasteiger partial charge in [0.1, 0.15) is 0 Å². The highest BCUT2D eigenvalue weighted by Gasteiger charge is 2.43. The molecule has 1 spiro atoms. The van der Waals surface area contributed by atoms with E-state index in [1.807, 2.05) is 7.05 Å². The Labute approximate surface area is 147 Å². The van der Waals surface area contributed by atoms with Crippen LogP contribution in [0, 0.1) is 5.41 Å². The van der Waals surface area contributed by atoms with Crippen molar-refractivity contribution < 1.29 is 4.74 Å². The Bertz CT molecular complexity index is 462. The van der Waals surface area contributed by atoms with Gasteiger partial charge < -0.3 is 15.0 Å². The summed E-state index contributed by atoms with van der Waals surface area (Å²) in [5, 5.41) is 3.66. The van der Waals surface area contributed by atoms with Crippen LogP contribution in [0.4, 0.5) is 0 Å². The number of guanidine groups is 1. The molecule has 2 saturated heterocycles. The summed E-state index contributed by atoms with van der Waals surface area (Å²) in [4.78, 5) is 9.59. The number of nitrogens with zero attached hydrogens (tertiary/aromatic N) is 3. The summed E-state index contributed by atoms with van der Waals surface area (Å²) in [6, 6.07) is 0. The lowest BCUT2D eigenvalue weighted by Crippen LogP contribution is -2.59. The number of likely N-dealkylation sites (tertiary alicyclic amines) is 1. The molecule has 0 aromatic rings. The van der Waals surface area contributed by atoms with E-state index < -0.39 is 0 Å². The minimum atomic E-state index is 0.0934. The molecule has 2 aliphatic heterocycles. The summed E-state index contributed by atoms with van der Waals surface area (Å²) in [7, 11) is 1.92. The van der Waals surface area contributed by atoms with Gasteiger partial charge in [-0.15, -0.1) is 0 Å². The second-order valence-electron chi connectivity index (χ2n) is 8.90. The standard InChI is InChI=1S/C19H36N4O/c1-15-11-23(12-16(2)24-15)18(3,4)13-21-17(20-5)22-10-9-19(14-22)7-6-8-19/h15-16H,6-14H2,1-5H3,(H,20,21). The van der Waals surface area contributed by atoms with E-state index in [2.05, 4.69) is 47.8 Å². The Morgan fingerprint density at radius 3 is 2.38 bits per heavy atom. The van der Waals surface area contributed by atoms with Crippen molar-refractivity contribution in [3.05, 3.63) is 0 Å². The molecule has 1 N–H and O–H groups in total. The van der Waals surface area contributed by atoms with Gasteiger partial charge in [0, 0.05) is 45.3 Å². The van der Waals surface area contributed by atoms with Gasteiger partial charge in [-0.05, 0) is 52.4 Å². The summed E-state index contributed by atoms with van der Waals surface area (Å²) in [5.74, 6) is 1.08. The van der Waals surface area contributed by atoms with Gasteiger partial charge in [-0.25, -0.2) is 0 Å². The van der Waals surface area contributed by atoms with E-state index in [1.165, 1.54) is 32.2 Å². The van der Waals surface area contributed by atoms with Crippen LogP contribution in [0.1, 0.15) is 53.4 Å². The second kappa shape index (κ2) is 6.83. The van der Waals surface area contributed by atoms with Crippen molar-refractivity contribution >= 4 is 5.96 Å². The van der Waals surface area contributed by atoms with Gasteiger partial charge in [-0.3, -0.25) is 9.89 Å². The SMILES string of the molecule is CN=C(NCC(C)(C)N1CC(C)OC(C)C1)N1CCC2(CCC2)C1. The fraction of sp³-hybridized carbons (Fsp3) is 0.947. The van der Waals surface area contributed by atoms with E-state index in [-0.39, 0.29) is 5.54 Å². The van der Waals surface area contributed by atoms with E-state index in [9.17, 15) is 0 Å². The van der Waals surface area contributed by atoms with Gasteiger partial charge >= 0.3 is 0 Å². The molecule has 5 heteroatoms. The Kier molecular flexibility index (Phi) is 5.12. The molecule has 0 bridgehead atoms. The van der Waals surface area contributed by atoms with Crippen LogP contribution in [0.3, 0.4) is 0 Å². The molecular weight excluding hydrogens is 300 g/mol. The van der Waals surface area contributed by atoms with Gasteiger partial charge in [-0.1, -0.05) is 6.42 Å². The fourth-order valence-electron chi connectivity index (χ4n) is 4.61. The van der Waals surface area contributed by atoms with Crippen LogP contribution in [0.5, 0.6) is 0 Å². The third kappa shape index (κ3) is 3.72. The maximum Gasteiger partial charge on any atom is 0.193 e. The van der Waals surface area contributed by atoms with Crippen molar-refractivity contribution in [1.82, 2.24) is 15.1 Å². The number of morpholine rings is 1. The average molecular weight is 337 g/mol. The topological polar surface area (TPSA) is 40.1 Å². The number of ether oxygens (including phenoxy) is 1. The predicted molar refractivity (Wildman–Crippen MR) is 99.5 cm³/mol. The Balaban J connectivity index is 1.54. The molecule has 3 aliphatic rings. The van der Waals surface area contributed by atoms with Crippen LogP contribution in [0.25, 0.3) is 0 Å². The molecule has 0 aromatic heterocycles. The number of hydrogen-bond acceptors (Lipinski definition) is 3. The van der Waals surface area contributed by atoms with Crippen LogP contribution >= 0.6 is 0 Å². The van der Waals surface area contributed by atoms with Crippen LogP contribution in [-0.2, 0) is 4.74 Å². The summed E-state index contributed by atoms with van der Waals surface area (Å²) in [6.45, 7) is 14.3. The Hall–Kier alpha value is -0.810. The van der Waals surface area contributed by atoms with E-state index in [0.717, 1.165) is 32.1 Å². The predicted octanol–water partition coefficient (Wildman–Crippen LogP) is 2.33. The number of rotatable bonds is 3. The molecule has 3 fully saturated rings. The molecule has 1 aliphatic carbocycles. The fourth-order valence-corrected chi connectivity index (χ4v) is 4.61. The normalized spacial score (nSPS) is 31.4. The largest absolute Gasteiger partial charge is 0.373 e. The Morgan fingerprint density at radius 1 is 1.21 bits per heavy atom. The first-order valence-corrected chi connectivity index (χ1v) is 9.70. The van der Waals surface area contributed by atoms with E-state index in [4.69, 9.17) is 4.74 Å². The number of aliphatic imine (C=N–C) groups is 1. The van der Waals surface area contributed by atoms with Crippen molar-refractivity contribution in [2.75, 3.05) is 39.8 Å². The first kappa shape index (κ1) is 18.0. The lowest BCUT2D eigenvalue weighted by Gasteiger charge is -2.45. The van der Waals surface area contributed by atoms with Crippen LogP contribution in [-0.4, -0.2) is 73.3 Å². The van der Waals surface area contributed by atoms with Gasteiger partial charge in [0.25, 0.3) is 0 Å². The summed E-state index contributed by atoms with van der Waals surface area (Å²) in [6.07, 6.45) is 6.20. The highest BCUT2D eigenvalue weighted by Crippen LogP contribution is 2.47. The molecule has 0 radical (unpaired) electrons. The zero-order valence-corrected chi connectivity index (χ0v) is 16.3. The van der Waals surface area contributed by atoms with Gasteiger partial charge in [0.2, 0.25) is 0 Å². The minimum absolute atomic E-state index is 0.0934. The zero-order valence-electron chi connectivity index (χ0n) is 16.3. The van der Waals surface area contributed by atoms with Gasteiger partial charge in [-0.2, -0.15) is 0 Å². The van der Waals surface area contributed by atoms with Gasteiger partial charge in [0.05, 0.1) is 12.2 Å². The van der Waals surface area contributed by atoms with Crippen molar-refractivity contribution in [3.8, 4) is 0 Å². The summed E-state index contributed by atoms with van der Waals surface area (Å²) in [5.41, 5.74) is 0.707. The summed E-state index contributed by atoms with van der Waals surface area (Å²) >= 11 is 0. The maximum atomic E-state index is 5.89.